The van der Waals surface area contributed by atoms with E-state index in [4.69, 9.17) is 9.47 Å². The van der Waals surface area contributed by atoms with Gasteiger partial charge in [-0.2, -0.15) is 0 Å². The van der Waals surface area contributed by atoms with E-state index in [1.165, 1.54) is 0 Å². The van der Waals surface area contributed by atoms with Crippen molar-refractivity contribution in [1.29, 1.82) is 0 Å². The van der Waals surface area contributed by atoms with Crippen LogP contribution in [0.25, 0.3) is 0 Å². The molecule has 0 atom stereocenters. The van der Waals surface area contributed by atoms with Gasteiger partial charge in [0.1, 0.15) is 24.5 Å². The lowest BCUT2D eigenvalue weighted by molar-refractivity contribution is -0.129. The van der Waals surface area contributed by atoms with Gasteiger partial charge < -0.3 is 20.1 Å². The van der Waals surface area contributed by atoms with Gasteiger partial charge in [0.25, 0.3) is 0 Å². The van der Waals surface area contributed by atoms with E-state index in [1.54, 1.807) is 31.4 Å². The summed E-state index contributed by atoms with van der Waals surface area (Å²) in [5, 5.41) is 5.41. The molecule has 138 valence electrons. The Labute approximate surface area is 153 Å². The van der Waals surface area contributed by atoms with Gasteiger partial charge in [0, 0.05) is 6.54 Å². The van der Waals surface area contributed by atoms with Crippen LogP contribution in [0.5, 0.6) is 11.5 Å². The molecular formula is C20H24N2O4. The zero-order valence-electron chi connectivity index (χ0n) is 15.1. The third kappa shape index (κ3) is 6.84. The smallest absolute Gasteiger partial charge is 0.229 e. The fraction of sp³-hybridized carbons (Fsp3) is 0.300. The summed E-state index contributed by atoms with van der Waals surface area (Å²) in [4.78, 5) is 23.6. The predicted octanol–water partition coefficient (Wildman–Crippen LogP) is 2.21. The molecule has 2 aromatic rings. The lowest BCUT2D eigenvalue weighted by atomic mass is 10.1. The first kappa shape index (κ1) is 19.3. The molecule has 0 radical (unpaired) electrons. The lowest BCUT2D eigenvalue weighted by Crippen LogP contribution is -2.33. The van der Waals surface area contributed by atoms with Crippen LogP contribution in [0.15, 0.2) is 48.5 Å². The predicted molar refractivity (Wildman–Crippen MR) is 99.1 cm³/mol. The quantitative estimate of drug-likeness (QED) is 0.533. The minimum Gasteiger partial charge on any atom is -0.497 e. The van der Waals surface area contributed by atoms with E-state index in [0.717, 1.165) is 16.9 Å². The van der Waals surface area contributed by atoms with Crippen molar-refractivity contribution in [2.75, 3.05) is 20.3 Å². The zero-order chi connectivity index (χ0) is 18.8. The molecular weight excluding hydrogens is 332 g/mol. The van der Waals surface area contributed by atoms with Gasteiger partial charge in [0.2, 0.25) is 11.8 Å². The number of aryl methyl sites for hydroxylation is 1. The molecule has 0 aliphatic heterocycles. The molecule has 0 heterocycles. The summed E-state index contributed by atoms with van der Waals surface area (Å²) in [6, 6.07) is 15.0. The first-order valence-electron chi connectivity index (χ1n) is 8.42. The molecule has 0 unspecified atom stereocenters. The third-order valence-electron chi connectivity index (χ3n) is 3.65. The van der Waals surface area contributed by atoms with Gasteiger partial charge >= 0.3 is 0 Å². The second-order valence-corrected chi connectivity index (χ2v) is 5.82. The summed E-state index contributed by atoms with van der Waals surface area (Å²) in [6.07, 6.45) is -0.200. The third-order valence-corrected chi connectivity index (χ3v) is 3.65. The largest absolute Gasteiger partial charge is 0.497 e. The highest BCUT2D eigenvalue weighted by molar-refractivity contribution is 5.96. The van der Waals surface area contributed by atoms with Crippen molar-refractivity contribution in [3.63, 3.8) is 0 Å². The van der Waals surface area contributed by atoms with Gasteiger partial charge in [0.15, 0.2) is 0 Å². The van der Waals surface area contributed by atoms with Gasteiger partial charge in [-0.25, -0.2) is 0 Å². The number of benzene rings is 2. The second kappa shape index (κ2) is 10.1. The molecule has 6 nitrogen and oxygen atoms in total. The van der Waals surface area contributed by atoms with Crippen molar-refractivity contribution in [2.24, 2.45) is 0 Å². The Hall–Kier alpha value is -3.02. The molecule has 2 amide bonds. The molecule has 0 spiro atoms. The molecule has 0 saturated heterocycles. The molecule has 0 aliphatic rings. The number of hydrogen-bond acceptors (Lipinski definition) is 4. The maximum Gasteiger partial charge on any atom is 0.229 e. The van der Waals surface area contributed by atoms with E-state index >= 15 is 0 Å². The molecule has 2 N–H and O–H groups in total. The first-order valence-corrected chi connectivity index (χ1v) is 8.42. The monoisotopic (exact) mass is 356 g/mol. The normalized spacial score (nSPS) is 10.1. The Morgan fingerprint density at radius 3 is 2.35 bits per heavy atom. The number of amides is 2. The molecule has 2 rings (SSSR count). The van der Waals surface area contributed by atoms with Gasteiger partial charge in [0.05, 0.1) is 13.7 Å². The zero-order valence-corrected chi connectivity index (χ0v) is 15.1. The number of nitrogens with one attached hydrogen (secondary N) is 2. The topological polar surface area (TPSA) is 76.7 Å². The van der Waals surface area contributed by atoms with Crippen LogP contribution in [0.3, 0.4) is 0 Å². The highest BCUT2D eigenvalue weighted by atomic mass is 16.5. The van der Waals surface area contributed by atoms with Crippen molar-refractivity contribution in [3.05, 3.63) is 59.7 Å². The van der Waals surface area contributed by atoms with Crippen LogP contribution in [0, 0.1) is 6.92 Å². The molecule has 0 fully saturated rings. The summed E-state index contributed by atoms with van der Waals surface area (Å²) in [5.41, 5.74) is 2.14. The van der Waals surface area contributed by atoms with E-state index in [0.29, 0.717) is 25.4 Å². The van der Waals surface area contributed by atoms with Crippen LogP contribution in [-0.2, 0) is 16.1 Å². The summed E-state index contributed by atoms with van der Waals surface area (Å²) >= 11 is 0. The number of rotatable bonds is 9. The van der Waals surface area contributed by atoms with Crippen molar-refractivity contribution in [2.45, 2.75) is 19.9 Å². The van der Waals surface area contributed by atoms with Crippen LogP contribution in [0.1, 0.15) is 17.5 Å². The second-order valence-electron chi connectivity index (χ2n) is 5.82. The highest BCUT2D eigenvalue weighted by Crippen LogP contribution is 2.16. The Morgan fingerprint density at radius 2 is 1.65 bits per heavy atom. The van der Waals surface area contributed by atoms with E-state index < -0.39 is 0 Å². The average Bonchev–Trinajstić information content (AvgIpc) is 2.64. The van der Waals surface area contributed by atoms with Crippen LogP contribution in [0.4, 0.5) is 0 Å². The maximum atomic E-state index is 11.8. The van der Waals surface area contributed by atoms with Crippen LogP contribution in [0.2, 0.25) is 0 Å². The SMILES string of the molecule is COc1ccc(OCCNC(=O)CC(=O)NCc2cccc(C)c2)cc1. The van der Waals surface area contributed by atoms with E-state index in [1.807, 2.05) is 31.2 Å². The molecule has 0 saturated carbocycles. The van der Waals surface area contributed by atoms with E-state index in [9.17, 15) is 9.59 Å². The van der Waals surface area contributed by atoms with Gasteiger partial charge in [-0.1, -0.05) is 29.8 Å². The first-order chi connectivity index (χ1) is 12.6. The fourth-order valence-corrected chi connectivity index (χ4v) is 2.32. The van der Waals surface area contributed by atoms with Gasteiger partial charge in [-0.05, 0) is 36.8 Å². The van der Waals surface area contributed by atoms with Crippen molar-refractivity contribution < 1.29 is 19.1 Å². The van der Waals surface area contributed by atoms with Crippen molar-refractivity contribution in [1.82, 2.24) is 10.6 Å². The summed E-state index contributed by atoms with van der Waals surface area (Å²) < 4.78 is 10.6. The Kier molecular flexibility index (Phi) is 7.49. The number of ether oxygens (including phenoxy) is 2. The molecule has 0 bridgehead atoms. The minimum atomic E-state index is -0.329. The number of hydrogen-bond donors (Lipinski definition) is 2. The summed E-state index contributed by atoms with van der Waals surface area (Å²) in [7, 11) is 1.60. The van der Waals surface area contributed by atoms with Crippen LogP contribution in [-0.4, -0.2) is 32.1 Å². The molecule has 2 aromatic carbocycles. The average molecular weight is 356 g/mol. The minimum absolute atomic E-state index is 0.200. The van der Waals surface area contributed by atoms with Crippen molar-refractivity contribution >= 4 is 11.8 Å². The molecule has 0 aliphatic carbocycles. The lowest BCUT2D eigenvalue weighted by Gasteiger charge is -2.09. The Balaban J connectivity index is 1.61. The Bertz CT molecular complexity index is 729. The molecule has 6 heteroatoms. The van der Waals surface area contributed by atoms with E-state index in [2.05, 4.69) is 10.6 Å². The molecule has 0 aromatic heterocycles. The molecule has 26 heavy (non-hydrogen) atoms. The van der Waals surface area contributed by atoms with Crippen molar-refractivity contribution in [3.8, 4) is 11.5 Å². The number of carbonyl (C=O) groups is 2. The number of carbonyl (C=O) groups excluding carboxylic acids is 2. The van der Waals surface area contributed by atoms with Crippen LogP contribution >= 0.6 is 0 Å². The standard InChI is InChI=1S/C20H24N2O4/c1-15-4-3-5-16(12-15)14-22-20(24)13-19(23)21-10-11-26-18-8-6-17(25-2)7-9-18/h3-9,12H,10-11,13-14H2,1-2H3,(H,21,23)(H,22,24). The summed E-state index contributed by atoms with van der Waals surface area (Å²) in [5.74, 6) is 0.809. The van der Waals surface area contributed by atoms with Gasteiger partial charge in [-0.15, -0.1) is 0 Å². The number of methoxy groups -OCH3 is 1. The van der Waals surface area contributed by atoms with Gasteiger partial charge in [-0.3, -0.25) is 9.59 Å². The Morgan fingerprint density at radius 1 is 0.962 bits per heavy atom. The van der Waals surface area contributed by atoms with E-state index in [-0.39, 0.29) is 18.2 Å². The van der Waals surface area contributed by atoms with Crippen LogP contribution < -0.4 is 20.1 Å². The maximum absolute atomic E-state index is 11.8. The summed E-state index contributed by atoms with van der Waals surface area (Å²) in [6.45, 7) is 3.06. The highest BCUT2D eigenvalue weighted by Gasteiger charge is 2.08. The fourth-order valence-electron chi connectivity index (χ4n) is 2.32.